The van der Waals surface area contributed by atoms with Crippen LogP contribution in [0, 0.1) is 17.8 Å². The van der Waals surface area contributed by atoms with E-state index in [0.29, 0.717) is 37.5 Å². The number of hydrogen-bond acceptors (Lipinski definition) is 15. The fraction of sp³-hybridized carbons (Fsp3) is 0.949. The number of hydrogen-bond donors (Lipinski definition) is 3. The third-order valence-corrected chi connectivity index (χ3v) is 20.3. The van der Waals surface area contributed by atoms with Gasteiger partial charge in [0.15, 0.2) is 12.2 Å². The maximum Gasteiger partial charge on any atom is 0.472 e. The van der Waals surface area contributed by atoms with Gasteiger partial charge < -0.3 is 33.8 Å². The van der Waals surface area contributed by atoms with Crippen LogP contribution in [0.4, 0.5) is 0 Å². The monoisotopic (exact) mass is 1440 g/mol. The van der Waals surface area contributed by atoms with Crippen molar-refractivity contribution in [1.29, 1.82) is 0 Å². The second-order valence-electron chi connectivity index (χ2n) is 29.9. The van der Waals surface area contributed by atoms with E-state index in [1.807, 2.05) is 0 Å². The predicted molar refractivity (Wildman–Crippen MR) is 400 cm³/mol. The number of phosphoric ester groups is 2. The molecule has 0 aliphatic carbocycles. The molecule has 0 aliphatic rings. The predicted octanol–water partition coefficient (Wildman–Crippen LogP) is 23.4. The second kappa shape index (κ2) is 69.4. The number of aliphatic hydroxyl groups excluding tert-OH is 1. The van der Waals surface area contributed by atoms with E-state index in [4.69, 9.17) is 37.0 Å². The van der Waals surface area contributed by atoms with Crippen molar-refractivity contribution >= 4 is 39.5 Å². The van der Waals surface area contributed by atoms with Crippen LogP contribution >= 0.6 is 15.6 Å². The van der Waals surface area contributed by atoms with Gasteiger partial charge in [-0.15, -0.1) is 0 Å². The zero-order valence-corrected chi connectivity index (χ0v) is 66.0. The lowest BCUT2D eigenvalue weighted by Crippen LogP contribution is -2.30. The molecule has 0 fully saturated rings. The van der Waals surface area contributed by atoms with Crippen LogP contribution in [0.2, 0.25) is 0 Å². The third-order valence-electron chi connectivity index (χ3n) is 18.4. The molecule has 0 aliphatic heterocycles. The molecule has 19 heteroatoms. The molecule has 0 bridgehead atoms. The smallest absolute Gasteiger partial charge is 0.462 e. The van der Waals surface area contributed by atoms with Crippen LogP contribution in [-0.4, -0.2) is 96.7 Å². The average molecular weight is 1440 g/mol. The summed E-state index contributed by atoms with van der Waals surface area (Å²) in [5.74, 6) is 0.0722. The first kappa shape index (κ1) is 96.1. The maximum absolute atomic E-state index is 13.1. The summed E-state index contributed by atoms with van der Waals surface area (Å²) in [5, 5.41) is 10.6. The molecule has 0 aromatic rings. The Labute approximate surface area is 600 Å². The first-order valence-electron chi connectivity index (χ1n) is 40.8. The summed E-state index contributed by atoms with van der Waals surface area (Å²) in [4.78, 5) is 72.8. The van der Waals surface area contributed by atoms with Gasteiger partial charge in [-0.2, -0.15) is 0 Å². The minimum Gasteiger partial charge on any atom is -0.462 e. The number of rotatable bonds is 77. The Morgan fingerprint density at radius 3 is 0.694 bits per heavy atom. The van der Waals surface area contributed by atoms with Crippen molar-refractivity contribution in [2.45, 2.75) is 426 Å². The van der Waals surface area contributed by atoms with Crippen molar-refractivity contribution in [3.05, 3.63) is 0 Å². The molecule has 17 nitrogen and oxygen atoms in total. The van der Waals surface area contributed by atoms with Gasteiger partial charge in [0.1, 0.15) is 19.3 Å². The second-order valence-corrected chi connectivity index (χ2v) is 32.8. The SMILES string of the molecule is CCCCCCCCCCCCCCCCCCCCCCCCC(=O)O[C@H](COC(=O)CCCCCCCCCCCCCCCC(C)C)COP(=O)(O)OC[C@@H](O)COP(=O)(O)OC[C@@H](COC(=O)CCCCCCCCCC(C)C)OC(=O)CCCCCCCCCC(C)C. The van der Waals surface area contributed by atoms with Gasteiger partial charge in [0.05, 0.1) is 26.4 Å². The van der Waals surface area contributed by atoms with Crippen molar-refractivity contribution in [2.75, 3.05) is 39.6 Å². The zero-order valence-electron chi connectivity index (χ0n) is 64.3. The van der Waals surface area contributed by atoms with E-state index in [1.54, 1.807) is 0 Å². The molecule has 98 heavy (non-hydrogen) atoms. The number of aliphatic hydroxyl groups is 1. The third kappa shape index (κ3) is 72.4. The average Bonchev–Trinajstić information content (AvgIpc) is 1.03. The quantitative estimate of drug-likeness (QED) is 0.0222. The Bertz CT molecular complexity index is 1900. The van der Waals surface area contributed by atoms with Crippen LogP contribution in [0.3, 0.4) is 0 Å². The van der Waals surface area contributed by atoms with E-state index in [-0.39, 0.29) is 25.7 Å². The topological polar surface area (TPSA) is 237 Å². The van der Waals surface area contributed by atoms with Gasteiger partial charge in [-0.25, -0.2) is 9.13 Å². The fourth-order valence-electron chi connectivity index (χ4n) is 12.1. The molecule has 0 aromatic carbocycles. The molecular formula is C79H154O17P2. The summed E-state index contributed by atoms with van der Waals surface area (Å²) < 4.78 is 68.5. The van der Waals surface area contributed by atoms with Gasteiger partial charge >= 0.3 is 39.5 Å². The molecule has 0 saturated carbocycles. The molecule has 0 rings (SSSR count). The lowest BCUT2D eigenvalue weighted by molar-refractivity contribution is -0.161. The van der Waals surface area contributed by atoms with Gasteiger partial charge in [0.2, 0.25) is 0 Å². The zero-order chi connectivity index (χ0) is 72.3. The van der Waals surface area contributed by atoms with Gasteiger partial charge in [0.25, 0.3) is 0 Å². The van der Waals surface area contributed by atoms with Gasteiger partial charge in [-0.1, -0.05) is 357 Å². The molecule has 3 N–H and O–H groups in total. The van der Waals surface area contributed by atoms with Crippen molar-refractivity contribution in [1.82, 2.24) is 0 Å². The normalized spacial score (nSPS) is 14.0. The Hall–Kier alpha value is -1.94. The highest BCUT2D eigenvalue weighted by molar-refractivity contribution is 7.47. The molecule has 0 radical (unpaired) electrons. The Kier molecular flexibility index (Phi) is 68.1. The van der Waals surface area contributed by atoms with Crippen LogP contribution in [0.1, 0.15) is 408 Å². The molecule has 0 saturated heterocycles. The summed E-state index contributed by atoms with van der Waals surface area (Å²) in [6.45, 7) is 11.8. The minimum atomic E-state index is -4.96. The van der Waals surface area contributed by atoms with Gasteiger partial charge in [-0.05, 0) is 43.4 Å². The largest absolute Gasteiger partial charge is 0.472 e. The summed E-state index contributed by atoms with van der Waals surface area (Å²) in [5.41, 5.74) is 0. The maximum atomic E-state index is 13.1. The molecule has 0 heterocycles. The lowest BCUT2D eigenvalue weighted by atomic mass is 10.0. The number of carbonyl (C=O) groups is 4. The standard InChI is InChI=1S/C79H154O17P2/c1-8-9-10-11-12-13-14-15-16-17-18-19-20-21-22-23-26-30-33-40-48-55-62-78(83)95-74(66-89-76(81)60-53-46-39-32-29-27-24-25-28-31-36-43-50-57-70(2)3)68-93-97(85,86)91-64-73(80)65-92-98(87,88)94-69-75(96-79(84)63-56-49-42-35-38-45-52-59-72(6)7)67-90-77(82)61-54-47-41-34-37-44-51-58-71(4)5/h70-75,80H,8-69H2,1-7H3,(H,85,86)(H,87,88)/t73-,74-,75-/m1/s1. The summed E-state index contributed by atoms with van der Waals surface area (Å²) in [6.07, 6.45) is 57.3. The Balaban J connectivity index is 5.18. The van der Waals surface area contributed by atoms with Crippen LogP contribution < -0.4 is 0 Å². The van der Waals surface area contributed by atoms with E-state index < -0.39 is 97.5 Å². The highest BCUT2D eigenvalue weighted by Crippen LogP contribution is 2.45. The molecular weight excluding hydrogens is 1280 g/mol. The van der Waals surface area contributed by atoms with Crippen LogP contribution in [-0.2, 0) is 65.4 Å². The number of ether oxygens (including phenoxy) is 4. The van der Waals surface area contributed by atoms with E-state index in [1.165, 1.54) is 212 Å². The first-order chi connectivity index (χ1) is 47.2. The van der Waals surface area contributed by atoms with E-state index >= 15 is 0 Å². The Morgan fingerprint density at radius 2 is 0.469 bits per heavy atom. The molecule has 0 aromatic heterocycles. The fourth-order valence-corrected chi connectivity index (χ4v) is 13.7. The molecule has 5 atom stereocenters. The lowest BCUT2D eigenvalue weighted by Gasteiger charge is -2.21. The highest BCUT2D eigenvalue weighted by atomic mass is 31.2. The van der Waals surface area contributed by atoms with E-state index in [2.05, 4.69) is 48.5 Å². The van der Waals surface area contributed by atoms with Gasteiger partial charge in [0, 0.05) is 25.7 Å². The van der Waals surface area contributed by atoms with Crippen molar-refractivity contribution < 1.29 is 80.2 Å². The first-order valence-corrected chi connectivity index (χ1v) is 43.8. The Morgan fingerprint density at radius 1 is 0.276 bits per heavy atom. The van der Waals surface area contributed by atoms with Crippen LogP contribution in [0.15, 0.2) is 0 Å². The summed E-state index contributed by atoms with van der Waals surface area (Å²) in [6, 6.07) is 0. The van der Waals surface area contributed by atoms with E-state index in [9.17, 15) is 43.2 Å². The minimum absolute atomic E-state index is 0.103. The molecule has 582 valence electrons. The van der Waals surface area contributed by atoms with Crippen molar-refractivity contribution in [3.8, 4) is 0 Å². The number of unbranched alkanes of at least 4 members (excludes halogenated alkanes) is 45. The van der Waals surface area contributed by atoms with E-state index in [0.717, 1.165) is 102 Å². The summed E-state index contributed by atoms with van der Waals surface area (Å²) in [7, 11) is -9.91. The number of carbonyl (C=O) groups excluding carboxylic acids is 4. The summed E-state index contributed by atoms with van der Waals surface area (Å²) >= 11 is 0. The van der Waals surface area contributed by atoms with Crippen molar-refractivity contribution in [3.63, 3.8) is 0 Å². The molecule has 0 spiro atoms. The molecule has 0 amide bonds. The van der Waals surface area contributed by atoms with Crippen LogP contribution in [0.25, 0.3) is 0 Å². The number of esters is 4. The number of phosphoric acid groups is 2. The van der Waals surface area contributed by atoms with Crippen molar-refractivity contribution in [2.24, 2.45) is 17.8 Å². The highest BCUT2D eigenvalue weighted by Gasteiger charge is 2.30. The molecule has 2 unspecified atom stereocenters. The van der Waals surface area contributed by atoms with Gasteiger partial charge in [-0.3, -0.25) is 37.3 Å². The van der Waals surface area contributed by atoms with Crippen LogP contribution in [0.5, 0.6) is 0 Å².